The van der Waals surface area contributed by atoms with Gasteiger partial charge in [-0.3, -0.25) is 0 Å². The van der Waals surface area contributed by atoms with Gasteiger partial charge in [-0.1, -0.05) is 66.6 Å². The zero-order valence-corrected chi connectivity index (χ0v) is 15.9. The van der Waals surface area contributed by atoms with Gasteiger partial charge in [-0.2, -0.15) is 0 Å². The summed E-state index contributed by atoms with van der Waals surface area (Å²) in [5, 5.41) is 10.9. The molecule has 29 heavy (non-hydrogen) atoms. The molecular formula is C23H24O6. The van der Waals surface area contributed by atoms with Crippen molar-refractivity contribution in [3.63, 3.8) is 0 Å². The van der Waals surface area contributed by atoms with Gasteiger partial charge in [0.05, 0.1) is 13.2 Å². The zero-order chi connectivity index (χ0) is 20.1. The number of rotatable bonds is 6. The van der Waals surface area contributed by atoms with Gasteiger partial charge in [-0.05, 0) is 5.56 Å². The van der Waals surface area contributed by atoms with Gasteiger partial charge in [-0.25, -0.2) is 0 Å². The molecule has 6 nitrogen and oxygen atoms in total. The third-order valence-electron chi connectivity index (χ3n) is 5.00. The van der Waals surface area contributed by atoms with Crippen LogP contribution in [-0.2, 0) is 30.3 Å². The quantitative estimate of drug-likeness (QED) is 0.757. The van der Waals surface area contributed by atoms with E-state index in [0.29, 0.717) is 6.61 Å². The molecule has 1 N–H and O–H groups in total. The molecule has 0 bridgehead atoms. The predicted molar refractivity (Wildman–Crippen MR) is 104 cm³/mol. The van der Waals surface area contributed by atoms with Crippen LogP contribution in [-0.4, -0.2) is 49.0 Å². The van der Waals surface area contributed by atoms with Crippen LogP contribution in [0.5, 0.6) is 0 Å². The van der Waals surface area contributed by atoms with Gasteiger partial charge in [0, 0.05) is 5.56 Å². The summed E-state index contributed by atoms with van der Waals surface area (Å²) in [6.45, 7) is 0.644. The average Bonchev–Trinajstić information content (AvgIpc) is 2.78. The lowest BCUT2D eigenvalue weighted by Gasteiger charge is -2.47. The van der Waals surface area contributed by atoms with Crippen LogP contribution in [0.4, 0.5) is 0 Å². The number of aliphatic hydroxyl groups excluding tert-OH is 1. The number of aliphatic hydroxyl groups is 1. The van der Waals surface area contributed by atoms with Crippen molar-refractivity contribution in [1.29, 1.82) is 0 Å². The number of hydrogen-bond acceptors (Lipinski definition) is 6. The van der Waals surface area contributed by atoms with Gasteiger partial charge in [0.1, 0.15) is 31.0 Å². The lowest BCUT2D eigenvalue weighted by atomic mass is 9.97. The highest BCUT2D eigenvalue weighted by atomic mass is 16.8. The SMILES string of the molecule is C#CCO[C@@H]1O[C@@H]2CO[C@@H](c3ccccc3)O[C@H]2[C@H](OCc2ccccc2)[C@@H]1O. The van der Waals surface area contributed by atoms with Crippen LogP contribution >= 0.6 is 0 Å². The summed E-state index contributed by atoms with van der Waals surface area (Å²) in [5.41, 5.74) is 1.89. The van der Waals surface area contributed by atoms with Crippen molar-refractivity contribution in [2.24, 2.45) is 0 Å². The van der Waals surface area contributed by atoms with Crippen LogP contribution < -0.4 is 0 Å². The fourth-order valence-corrected chi connectivity index (χ4v) is 3.57. The molecule has 2 saturated heterocycles. The zero-order valence-electron chi connectivity index (χ0n) is 15.9. The van der Waals surface area contributed by atoms with Crippen LogP contribution in [0.3, 0.4) is 0 Å². The Morgan fingerprint density at radius 1 is 1.00 bits per heavy atom. The van der Waals surface area contributed by atoms with E-state index >= 15 is 0 Å². The van der Waals surface area contributed by atoms with Crippen molar-refractivity contribution in [3.05, 3.63) is 71.8 Å². The number of hydrogen-bond donors (Lipinski definition) is 1. The van der Waals surface area contributed by atoms with E-state index in [1.54, 1.807) is 0 Å². The minimum Gasteiger partial charge on any atom is -0.385 e. The molecule has 0 saturated carbocycles. The lowest BCUT2D eigenvalue weighted by molar-refractivity contribution is -0.365. The van der Waals surface area contributed by atoms with Gasteiger partial charge < -0.3 is 28.8 Å². The van der Waals surface area contributed by atoms with E-state index < -0.39 is 37.0 Å². The monoisotopic (exact) mass is 396 g/mol. The average molecular weight is 396 g/mol. The molecule has 0 aliphatic carbocycles. The van der Waals surface area contributed by atoms with Crippen LogP contribution in [0.25, 0.3) is 0 Å². The summed E-state index contributed by atoms with van der Waals surface area (Å²) in [5.74, 6) is 2.39. The topological polar surface area (TPSA) is 66.4 Å². The molecule has 152 valence electrons. The molecule has 2 aliphatic rings. The van der Waals surface area contributed by atoms with E-state index in [0.717, 1.165) is 11.1 Å². The maximum Gasteiger partial charge on any atom is 0.187 e. The third-order valence-corrected chi connectivity index (χ3v) is 5.00. The van der Waals surface area contributed by atoms with Gasteiger partial charge in [-0.15, -0.1) is 6.42 Å². The number of fused-ring (bicyclic) bond motifs is 1. The van der Waals surface area contributed by atoms with Crippen molar-refractivity contribution in [2.75, 3.05) is 13.2 Å². The normalized spacial score (nSPS) is 31.6. The second-order valence-corrected chi connectivity index (χ2v) is 6.99. The van der Waals surface area contributed by atoms with E-state index in [-0.39, 0.29) is 13.2 Å². The molecule has 0 spiro atoms. The van der Waals surface area contributed by atoms with E-state index in [4.69, 9.17) is 30.1 Å². The first-order chi connectivity index (χ1) is 14.3. The Hall–Kier alpha value is -2.24. The Kier molecular flexibility index (Phi) is 6.57. The van der Waals surface area contributed by atoms with Crippen LogP contribution in [0.2, 0.25) is 0 Å². The Bertz CT molecular complexity index is 805. The van der Waals surface area contributed by atoms with E-state index in [1.165, 1.54) is 0 Å². The molecule has 2 aromatic rings. The second kappa shape index (κ2) is 9.51. The van der Waals surface area contributed by atoms with Gasteiger partial charge in [0.25, 0.3) is 0 Å². The molecule has 2 heterocycles. The smallest absolute Gasteiger partial charge is 0.187 e. The molecule has 0 unspecified atom stereocenters. The van der Waals surface area contributed by atoms with E-state index in [2.05, 4.69) is 5.92 Å². The summed E-state index contributed by atoms with van der Waals surface area (Å²) in [6, 6.07) is 19.4. The summed E-state index contributed by atoms with van der Waals surface area (Å²) >= 11 is 0. The van der Waals surface area contributed by atoms with E-state index in [1.807, 2.05) is 60.7 Å². The number of ether oxygens (including phenoxy) is 5. The minimum atomic E-state index is -1.05. The van der Waals surface area contributed by atoms with Crippen molar-refractivity contribution in [3.8, 4) is 12.3 Å². The molecule has 2 aromatic carbocycles. The fraction of sp³-hybridized carbons (Fsp3) is 0.391. The molecule has 0 aromatic heterocycles. The summed E-state index contributed by atoms with van der Waals surface area (Å²) in [4.78, 5) is 0. The molecule has 0 amide bonds. The highest BCUT2D eigenvalue weighted by Crippen LogP contribution is 2.35. The van der Waals surface area contributed by atoms with Crippen LogP contribution in [0, 0.1) is 12.3 Å². The molecular weight excluding hydrogens is 372 g/mol. The van der Waals surface area contributed by atoms with Gasteiger partial charge in [0.15, 0.2) is 12.6 Å². The van der Waals surface area contributed by atoms with Crippen molar-refractivity contribution in [1.82, 2.24) is 0 Å². The van der Waals surface area contributed by atoms with Gasteiger partial charge >= 0.3 is 0 Å². The standard InChI is InChI=1S/C23H24O6/c1-2-13-25-23-19(24)21(26-14-16-9-5-3-6-10-16)20-18(28-23)15-27-22(29-20)17-11-7-4-8-12-17/h1,3-12,18-24H,13-15H2/t18-,19+,20-,21-,22-,23-/m1/s1. The Labute approximate surface area is 170 Å². The first-order valence-corrected chi connectivity index (χ1v) is 9.62. The van der Waals surface area contributed by atoms with Crippen molar-refractivity contribution < 1.29 is 28.8 Å². The molecule has 2 fully saturated rings. The van der Waals surface area contributed by atoms with Crippen LogP contribution in [0.1, 0.15) is 17.4 Å². The third kappa shape index (κ3) is 4.68. The van der Waals surface area contributed by atoms with Crippen molar-refractivity contribution >= 4 is 0 Å². The lowest BCUT2D eigenvalue weighted by Crippen LogP contribution is -2.63. The highest BCUT2D eigenvalue weighted by Gasteiger charge is 2.50. The minimum absolute atomic E-state index is 0.0267. The van der Waals surface area contributed by atoms with Crippen molar-refractivity contribution in [2.45, 2.75) is 43.6 Å². The Morgan fingerprint density at radius 3 is 2.45 bits per heavy atom. The second-order valence-electron chi connectivity index (χ2n) is 6.99. The maximum atomic E-state index is 10.9. The molecule has 6 atom stereocenters. The summed E-state index contributed by atoms with van der Waals surface area (Å²) in [7, 11) is 0. The first kappa shape index (κ1) is 20.0. The molecule has 0 radical (unpaired) electrons. The Balaban J connectivity index is 1.52. The summed E-state index contributed by atoms with van der Waals surface area (Å²) in [6.07, 6.45) is 1.15. The first-order valence-electron chi connectivity index (χ1n) is 9.62. The number of terminal acetylenes is 1. The maximum absolute atomic E-state index is 10.9. The van der Waals surface area contributed by atoms with Crippen LogP contribution in [0.15, 0.2) is 60.7 Å². The van der Waals surface area contributed by atoms with Gasteiger partial charge in [0.2, 0.25) is 0 Å². The summed E-state index contributed by atoms with van der Waals surface area (Å²) < 4.78 is 29.5. The number of benzene rings is 2. The largest absolute Gasteiger partial charge is 0.385 e. The van der Waals surface area contributed by atoms with E-state index in [9.17, 15) is 5.11 Å². The highest BCUT2D eigenvalue weighted by molar-refractivity contribution is 5.17. The molecule has 2 aliphatic heterocycles. The Morgan fingerprint density at radius 2 is 1.72 bits per heavy atom. The molecule has 6 heteroatoms. The fourth-order valence-electron chi connectivity index (χ4n) is 3.57. The predicted octanol–water partition coefficient (Wildman–Crippen LogP) is 2.42. The molecule has 4 rings (SSSR count).